The second kappa shape index (κ2) is 5.85. The van der Waals surface area contributed by atoms with E-state index in [-0.39, 0.29) is 0 Å². The zero-order valence-electron chi connectivity index (χ0n) is 10.6. The molecular weight excluding hydrogens is 310 g/mol. The van der Waals surface area contributed by atoms with Crippen molar-refractivity contribution in [2.45, 2.75) is 6.92 Å². The summed E-state index contributed by atoms with van der Waals surface area (Å²) in [5, 5.41) is 3.18. The molecule has 0 aliphatic carbocycles. The number of nitrogen functional groups attached to an aromatic ring is 1. The first-order valence-corrected chi connectivity index (χ1v) is 6.34. The summed E-state index contributed by atoms with van der Waals surface area (Å²) < 4.78 is 6.24. The van der Waals surface area contributed by atoms with Crippen LogP contribution in [0.5, 0.6) is 5.75 Å². The van der Waals surface area contributed by atoms with Crippen LogP contribution in [0.2, 0.25) is 0 Å². The van der Waals surface area contributed by atoms with Gasteiger partial charge in [-0.3, -0.25) is 0 Å². The molecular formula is C12H14BrN5O. The first-order chi connectivity index (χ1) is 9.12. The van der Waals surface area contributed by atoms with Crippen LogP contribution in [0.1, 0.15) is 5.82 Å². The SMILES string of the molecule is COc1ccc(Br)cc1Nc1cc(NN)nc(C)n1. The maximum absolute atomic E-state index is 5.36. The summed E-state index contributed by atoms with van der Waals surface area (Å²) in [7, 11) is 1.62. The number of hydrogen-bond donors (Lipinski definition) is 3. The number of hydrogen-bond acceptors (Lipinski definition) is 6. The number of ether oxygens (including phenoxy) is 1. The fraction of sp³-hybridized carbons (Fsp3) is 0.167. The molecule has 1 aromatic carbocycles. The zero-order valence-corrected chi connectivity index (χ0v) is 12.2. The molecule has 0 bridgehead atoms. The predicted molar refractivity (Wildman–Crippen MR) is 78.6 cm³/mol. The number of rotatable bonds is 4. The number of benzene rings is 1. The molecule has 7 heteroatoms. The Morgan fingerprint density at radius 3 is 2.63 bits per heavy atom. The average molecular weight is 324 g/mol. The number of nitrogens with one attached hydrogen (secondary N) is 2. The van der Waals surface area contributed by atoms with Crippen LogP contribution in [-0.4, -0.2) is 17.1 Å². The number of aromatic nitrogens is 2. The Labute approximate surface area is 119 Å². The van der Waals surface area contributed by atoms with Crippen molar-refractivity contribution in [3.63, 3.8) is 0 Å². The number of nitrogens with zero attached hydrogens (tertiary/aromatic N) is 2. The number of halogens is 1. The van der Waals surface area contributed by atoms with Crippen LogP contribution in [0, 0.1) is 6.92 Å². The van der Waals surface area contributed by atoms with Gasteiger partial charge < -0.3 is 15.5 Å². The van der Waals surface area contributed by atoms with Crippen LogP contribution < -0.4 is 21.3 Å². The largest absolute Gasteiger partial charge is 0.495 e. The number of hydrazine groups is 1. The topological polar surface area (TPSA) is 85.1 Å². The lowest BCUT2D eigenvalue weighted by Gasteiger charge is -2.12. The van der Waals surface area contributed by atoms with Crippen molar-refractivity contribution in [2.24, 2.45) is 5.84 Å². The lowest BCUT2D eigenvalue weighted by atomic mass is 10.3. The third-order valence-electron chi connectivity index (χ3n) is 2.41. The van der Waals surface area contributed by atoms with Gasteiger partial charge in [0.25, 0.3) is 0 Å². The second-order valence-corrected chi connectivity index (χ2v) is 4.72. The maximum Gasteiger partial charge on any atom is 0.145 e. The van der Waals surface area contributed by atoms with E-state index >= 15 is 0 Å². The van der Waals surface area contributed by atoms with E-state index in [1.807, 2.05) is 18.2 Å². The van der Waals surface area contributed by atoms with Crippen molar-refractivity contribution < 1.29 is 4.74 Å². The van der Waals surface area contributed by atoms with Gasteiger partial charge in [-0.2, -0.15) is 0 Å². The van der Waals surface area contributed by atoms with Crippen molar-refractivity contribution >= 4 is 33.3 Å². The summed E-state index contributed by atoms with van der Waals surface area (Å²) in [5.41, 5.74) is 3.31. The minimum atomic E-state index is 0.545. The van der Waals surface area contributed by atoms with Crippen molar-refractivity contribution in [2.75, 3.05) is 17.9 Å². The van der Waals surface area contributed by atoms with Gasteiger partial charge in [-0.1, -0.05) is 15.9 Å². The van der Waals surface area contributed by atoms with E-state index in [1.54, 1.807) is 20.1 Å². The van der Waals surface area contributed by atoms with Crippen LogP contribution in [0.3, 0.4) is 0 Å². The molecule has 0 atom stereocenters. The van der Waals surface area contributed by atoms with Crippen LogP contribution in [0.25, 0.3) is 0 Å². The Morgan fingerprint density at radius 1 is 1.21 bits per heavy atom. The van der Waals surface area contributed by atoms with Gasteiger partial charge in [0, 0.05) is 10.5 Å². The molecule has 0 radical (unpaired) electrons. The van der Waals surface area contributed by atoms with E-state index < -0.39 is 0 Å². The Hall–Kier alpha value is -1.86. The molecule has 19 heavy (non-hydrogen) atoms. The third kappa shape index (κ3) is 3.33. The summed E-state index contributed by atoms with van der Waals surface area (Å²) in [5.74, 6) is 7.88. The molecule has 2 aromatic rings. The molecule has 0 fully saturated rings. The van der Waals surface area contributed by atoms with Gasteiger partial charge in [-0.25, -0.2) is 15.8 Å². The smallest absolute Gasteiger partial charge is 0.145 e. The molecule has 0 saturated heterocycles. The molecule has 0 spiro atoms. The van der Waals surface area contributed by atoms with Gasteiger partial charge >= 0.3 is 0 Å². The van der Waals surface area contributed by atoms with Gasteiger partial charge in [0.05, 0.1) is 12.8 Å². The van der Waals surface area contributed by atoms with Crippen LogP contribution >= 0.6 is 15.9 Å². The highest BCUT2D eigenvalue weighted by Crippen LogP contribution is 2.30. The molecule has 100 valence electrons. The predicted octanol–water partition coefficient (Wildman–Crippen LogP) is 2.59. The number of anilines is 3. The molecule has 4 N–H and O–H groups in total. The Morgan fingerprint density at radius 2 is 1.95 bits per heavy atom. The third-order valence-corrected chi connectivity index (χ3v) is 2.90. The van der Waals surface area contributed by atoms with Crippen molar-refractivity contribution in [1.29, 1.82) is 0 Å². The molecule has 2 rings (SSSR count). The Balaban J connectivity index is 2.35. The monoisotopic (exact) mass is 323 g/mol. The quantitative estimate of drug-likeness (QED) is 0.592. The number of nitrogens with two attached hydrogens (primary N) is 1. The van der Waals surface area contributed by atoms with E-state index in [2.05, 4.69) is 36.6 Å². The highest BCUT2D eigenvalue weighted by molar-refractivity contribution is 9.10. The van der Waals surface area contributed by atoms with Crippen LogP contribution in [0.15, 0.2) is 28.7 Å². The summed E-state index contributed by atoms with van der Waals surface area (Å²) in [4.78, 5) is 8.42. The van der Waals surface area contributed by atoms with Gasteiger partial charge in [0.1, 0.15) is 23.2 Å². The second-order valence-electron chi connectivity index (χ2n) is 3.80. The normalized spacial score (nSPS) is 10.1. The van der Waals surface area contributed by atoms with E-state index in [9.17, 15) is 0 Å². The van der Waals surface area contributed by atoms with E-state index in [0.717, 1.165) is 15.9 Å². The average Bonchev–Trinajstić information content (AvgIpc) is 2.38. The van der Waals surface area contributed by atoms with Crippen LogP contribution in [0.4, 0.5) is 17.3 Å². The van der Waals surface area contributed by atoms with Gasteiger partial charge in [0.2, 0.25) is 0 Å². The highest BCUT2D eigenvalue weighted by Gasteiger charge is 2.06. The van der Waals surface area contributed by atoms with Gasteiger partial charge in [0.15, 0.2) is 0 Å². The molecule has 0 aliphatic heterocycles. The molecule has 0 saturated carbocycles. The number of methoxy groups -OCH3 is 1. The lowest BCUT2D eigenvalue weighted by Crippen LogP contribution is -2.10. The molecule has 0 amide bonds. The first kappa shape index (κ1) is 13.6. The van der Waals surface area contributed by atoms with Gasteiger partial charge in [-0.05, 0) is 25.1 Å². The maximum atomic E-state index is 5.36. The fourth-order valence-electron chi connectivity index (χ4n) is 1.62. The molecule has 1 aromatic heterocycles. The van der Waals surface area contributed by atoms with Crippen molar-refractivity contribution in [3.05, 3.63) is 34.6 Å². The number of aryl methyl sites for hydroxylation is 1. The minimum Gasteiger partial charge on any atom is -0.495 e. The first-order valence-electron chi connectivity index (χ1n) is 5.55. The van der Waals surface area contributed by atoms with E-state index in [0.29, 0.717) is 17.5 Å². The van der Waals surface area contributed by atoms with Crippen LogP contribution in [-0.2, 0) is 0 Å². The fourth-order valence-corrected chi connectivity index (χ4v) is 1.98. The zero-order chi connectivity index (χ0) is 13.8. The van der Waals surface area contributed by atoms with Crippen molar-refractivity contribution in [3.8, 4) is 5.75 Å². The Bertz CT molecular complexity index is 590. The summed E-state index contributed by atoms with van der Waals surface area (Å²) >= 11 is 3.42. The molecule has 0 unspecified atom stereocenters. The minimum absolute atomic E-state index is 0.545. The lowest BCUT2D eigenvalue weighted by molar-refractivity contribution is 0.416. The summed E-state index contributed by atoms with van der Waals surface area (Å²) in [6, 6.07) is 7.39. The summed E-state index contributed by atoms with van der Waals surface area (Å²) in [6.07, 6.45) is 0. The highest BCUT2D eigenvalue weighted by atomic mass is 79.9. The summed E-state index contributed by atoms with van der Waals surface area (Å²) in [6.45, 7) is 1.80. The standard InChI is InChI=1S/C12H14BrN5O/c1-7-15-11(6-12(16-7)18-14)17-9-5-8(13)3-4-10(9)19-2/h3-6H,14H2,1-2H3,(H2,15,16,17,18). The van der Waals surface area contributed by atoms with E-state index in [1.165, 1.54) is 0 Å². The van der Waals surface area contributed by atoms with Crippen molar-refractivity contribution in [1.82, 2.24) is 9.97 Å². The molecule has 1 heterocycles. The Kier molecular flexibility index (Phi) is 4.18. The molecule has 0 aliphatic rings. The van der Waals surface area contributed by atoms with Gasteiger partial charge in [-0.15, -0.1) is 0 Å². The molecule has 6 nitrogen and oxygen atoms in total. The van der Waals surface area contributed by atoms with E-state index in [4.69, 9.17) is 10.6 Å².